The highest BCUT2D eigenvalue weighted by molar-refractivity contribution is 5.61. The Labute approximate surface area is 124 Å². The van der Waals surface area contributed by atoms with Gasteiger partial charge in [-0.15, -0.1) is 5.10 Å². The molecule has 6 heteroatoms. The molecular formula is C15H22FN5. The monoisotopic (exact) mass is 291 g/mol. The molecule has 0 aliphatic heterocycles. The fourth-order valence-electron chi connectivity index (χ4n) is 2.41. The number of nitrogens with two attached hydrogens (primary N) is 1. The van der Waals surface area contributed by atoms with Crippen LogP contribution in [0.25, 0.3) is 11.4 Å². The minimum absolute atomic E-state index is 0.177. The summed E-state index contributed by atoms with van der Waals surface area (Å²) in [5, 5.41) is 11.8. The number of halogens is 1. The Morgan fingerprint density at radius 2 is 2.05 bits per heavy atom. The van der Waals surface area contributed by atoms with E-state index in [1.165, 1.54) is 31.4 Å². The molecule has 2 aromatic rings. The van der Waals surface area contributed by atoms with Crippen molar-refractivity contribution in [3.8, 4) is 11.4 Å². The van der Waals surface area contributed by atoms with Crippen LogP contribution < -0.4 is 5.73 Å². The molecule has 1 aromatic carbocycles. The van der Waals surface area contributed by atoms with Crippen LogP contribution in [0.2, 0.25) is 0 Å². The van der Waals surface area contributed by atoms with Crippen molar-refractivity contribution in [2.75, 3.05) is 5.73 Å². The third-order valence-corrected chi connectivity index (χ3v) is 3.56. The Hall–Kier alpha value is -1.98. The summed E-state index contributed by atoms with van der Waals surface area (Å²) >= 11 is 0. The molecule has 1 atom stereocenters. The van der Waals surface area contributed by atoms with Crippen LogP contribution in [0.1, 0.15) is 52.0 Å². The Morgan fingerprint density at radius 1 is 1.24 bits per heavy atom. The number of rotatable bonds is 7. The van der Waals surface area contributed by atoms with Crippen molar-refractivity contribution in [1.82, 2.24) is 20.2 Å². The van der Waals surface area contributed by atoms with Crippen molar-refractivity contribution in [1.29, 1.82) is 0 Å². The highest BCUT2D eigenvalue weighted by Gasteiger charge is 2.15. The average molecular weight is 291 g/mol. The molecule has 0 fully saturated rings. The fourth-order valence-corrected chi connectivity index (χ4v) is 2.41. The number of unbranched alkanes of at least 4 members (excludes halogenated alkanes) is 3. The Kier molecular flexibility index (Phi) is 5.25. The van der Waals surface area contributed by atoms with Crippen molar-refractivity contribution in [2.45, 2.75) is 52.0 Å². The lowest BCUT2D eigenvalue weighted by Crippen LogP contribution is -2.09. The Bertz CT molecular complexity index is 561. The molecule has 0 saturated carbocycles. The summed E-state index contributed by atoms with van der Waals surface area (Å²) in [5.41, 5.74) is 6.67. The van der Waals surface area contributed by atoms with Gasteiger partial charge in [0.1, 0.15) is 5.82 Å². The molecule has 1 aromatic heterocycles. The maximum Gasteiger partial charge on any atom is 0.182 e. The maximum atomic E-state index is 13.5. The molecule has 0 aliphatic carbocycles. The van der Waals surface area contributed by atoms with Crippen molar-refractivity contribution in [2.24, 2.45) is 0 Å². The largest absolute Gasteiger partial charge is 0.399 e. The van der Waals surface area contributed by atoms with E-state index < -0.39 is 0 Å². The second kappa shape index (κ2) is 7.15. The lowest BCUT2D eigenvalue weighted by Gasteiger charge is -2.13. The average Bonchev–Trinajstić information content (AvgIpc) is 2.92. The molecule has 1 unspecified atom stereocenters. The summed E-state index contributed by atoms with van der Waals surface area (Å²) in [6, 6.07) is 4.56. The molecule has 2 rings (SSSR count). The summed E-state index contributed by atoms with van der Waals surface area (Å²) in [5.74, 6) is 0.180. The highest BCUT2D eigenvalue weighted by atomic mass is 19.1. The molecule has 0 spiro atoms. The normalized spacial score (nSPS) is 12.5. The summed E-state index contributed by atoms with van der Waals surface area (Å²) in [6.45, 7) is 4.27. The molecule has 0 aliphatic rings. The molecule has 21 heavy (non-hydrogen) atoms. The third-order valence-electron chi connectivity index (χ3n) is 3.56. The van der Waals surface area contributed by atoms with E-state index in [0.29, 0.717) is 17.1 Å². The van der Waals surface area contributed by atoms with Gasteiger partial charge in [-0.1, -0.05) is 32.6 Å². The second-order valence-electron chi connectivity index (χ2n) is 5.42. The van der Waals surface area contributed by atoms with Crippen LogP contribution in [0, 0.1) is 5.82 Å². The van der Waals surface area contributed by atoms with Gasteiger partial charge in [0.05, 0.1) is 6.04 Å². The van der Waals surface area contributed by atoms with Crippen LogP contribution in [0.3, 0.4) is 0 Å². The summed E-state index contributed by atoms with van der Waals surface area (Å²) in [4.78, 5) is 0. The van der Waals surface area contributed by atoms with E-state index in [4.69, 9.17) is 5.73 Å². The number of nitrogens with zero attached hydrogens (tertiary/aromatic N) is 4. The van der Waals surface area contributed by atoms with Crippen LogP contribution in [-0.4, -0.2) is 20.2 Å². The summed E-state index contributed by atoms with van der Waals surface area (Å²) in [6.07, 6.45) is 5.82. The first-order valence-electron chi connectivity index (χ1n) is 7.46. The number of nitrogen functional groups attached to an aromatic ring is 1. The van der Waals surface area contributed by atoms with Gasteiger partial charge in [-0.3, -0.25) is 0 Å². The number of hydrogen-bond donors (Lipinski definition) is 1. The van der Waals surface area contributed by atoms with E-state index in [2.05, 4.69) is 29.4 Å². The summed E-state index contributed by atoms with van der Waals surface area (Å²) < 4.78 is 15.2. The van der Waals surface area contributed by atoms with E-state index in [-0.39, 0.29) is 11.9 Å². The van der Waals surface area contributed by atoms with Crippen molar-refractivity contribution >= 4 is 5.69 Å². The Morgan fingerprint density at radius 3 is 2.76 bits per heavy atom. The first kappa shape index (κ1) is 15.4. The van der Waals surface area contributed by atoms with E-state index in [0.717, 1.165) is 12.8 Å². The smallest absolute Gasteiger partial charge is 0.182 e. The quantitative estimate of drug-likeness (QED) is 0.625. The molecule has 2 N–H and O–H groups in total. The fraction of sp³-hybridized carbons (Fsp3) is 0.533. The zero-order valence-corrected chi connectivity index (χ0v) is 12.6. The first-order chi connectivity index (χ1) is 10.1. The van der Waals surface area contributed by atoms with E-state index in [1.807, 2.05) is 0 Å². The third kappa shape index (κ3) is 4.00. The SMILES string of the molecule is CCCCCCC(C)n1nnnc1-c1cc(N)cc(F)c1. The van der Waals surface area contributed by atoms with Crippen LogP contribution in [0.15, 0.2) is 18.2 Å². The number of anilines is 1. The molecule has 0 saturated heterocycles. The first-order valence-corrected chi connectivity index (χ1v) is 7.46. The molecule has 114 valence electrons. The molecule has 0 bridgehead atoms. The summed E-state index contributed by atoms with van der Waals surface area (Å²) in [7, 11) is 0. The van der Waals surface area contributed by atoms with E-state index in [1.54, 1.807) is 10.7 Å². The van der Waals surface area contributed by atoms with Gasteiger partial charge >= 0.3 is 0 Å². The van der Waals surface area contributed by atoms with Crippen LogP contribution >= 0.6 is 0 Å². The number of benzene rings is 1. The number of tetrazole rings is 1. The zero-order chi connectivity index (χ0) is 15.2. The standard InChI is InChI=1S/C15H22FN5/c1-3-4-5-6-7-11(2)21-15(18-19-20-21)12-8-13(16)10-14(17)9-12/h8-11H,3-7,17H2,1-2H3. The molecular weight excluding hydrogens is 269 g/mol. The van der Waals surface area contributed by atoms with Gasteiger partial charge in [0.25, 0.3) is 0 Å². The number of aromatic nitrogens is 4. The molecule has 5 nitrogen and oxygen atoms in total. The van der Waals surface area contributed by atoms with Gasteiger partial charge in [-0.2, -0.15) is 0 Å². The van der Waals surface area contributed by atoms with E-state index in [9.17, 15) is 4.39 Å². The van der Waals surface area contributed by atoms with Gasteiger partial charge < -0.3 is 5.73 Å². The van der Waals surface area contributed by atoms with Gasteiger partial charge in [0, 0.05) is 11.3 Å². The van der Waals surface area contributed by atoms with Gasteiger partial charge in [0.2, 0.25) is 0 Å². The topological polar surface area (TPSA) is 69.6 Å². The second-order valence-corrected chi connectivity index (χ2v) is 5.42. The van der Waals surface area contributed by atoms with Crippen LogP contribution in [0.5, 0.6) is 0 Å². The lowest BCUT2D eigenvalue weighted by molar-refractivity contribution is 0.429. The minimum atomic E-state index is -0.379. The van der Waals surface area contributed by atoms with Crippen molar-refractivity contribution in [3.05, 3.63) is 24.0 Å². The maximum absolute atomic E-state index is 13.5. The highest BCUT2D eigenvalue weighted by Crippen LogP contribution is 2.24. The zero-order valence-electron chi connectivity index (χ0n) is 12.6. The van der Waals surface area contributed by atoms with Crippen molar-refractivity contribution < 1.29 is 4.39 Å². The lowest BCUT2D eigenvalue weighted by atomic mass is 10.1. The predicted octanol–water partition coefficient (Wildman–Crippen LogP) is 3.59. The van der Waals surface area contributed by atoms with Gasteiger partial charge in [-0.25, -0.2) is 9.07 Å². The molecule has 0 radical (unpaired) electrons. The molecule has 0 amide bonds. The van der Waals surface area contributed by atoms with Crippen molar-refractivity contribution in [3.63, 3.8) is 0 Å². The van der Waals surface area contributed by atoms with E-state index >= 15 is 0 Å². The molecule has 1 heterocycles. The van der Waals surface area contributed by atoms with Gasteiger partial charge in [0.15, 0.2) is 5.82 Å². The van der Waals surface area contributed by atoms with Gasteiger partial charge in [-0.05, 0) is 42.0 Å². The van der Waals surface area contributed by atoms with Crippen LogP contribution in [-0.2, 0) is 0 Å². The predicted molar refractivity (Wildman–Crippen MR) is 81.1 cm³/mol. The Balaban J connectivity index is 2.14. The minimum Gasteiger partial charge on any atom is -0.399 e. The van der Waals surface area contributed by atoms with Crippen LogP contribution in [0.4, 0.5) is 10.1 Å². The number of hydrogen-bond acceptors (Lipinski definition) is 4.